The van der Waals surface area contributed by atoms with Crippen molar-refractivity contribution >= 4 is 45.7 Å². The lowest BCUT2D eigenvalue weighted by Gasteiger charge is -2.41. The maximum Gasteiger partial charge on any atom is 0.415 e. The molecule has 2 aliphatic heterocycles. The van der Waals surface area contributed by atoms with Crippen molar-refractivity contribution in [3.8, 4) is 5.75 Å². The zero-order chi connectivity index (χ0) is 52.2. The number of ether oxygens (including phenoxy) is 3. The number of carbonyl (C=O) groups is 6. The lowest BCUT2D eigenvalue weighted by molar-refractivity contribution is -0.148. The summed E-state index contributed by atoms with van der Waals surface area (Å²) in [5.41, 5.74) is 6.36. The number of piperidine rings is 1. The third kappa shape index (κ3) is 15.3. The maximum atomic E-state index is 14.5. The minimum absolute atomic E-state index is 0.00412. The summed E-state index contributed by atoms with van der Waals surface area (Å²) in [6.07, 6.45) is 2.13. The predicted octanol–water partition coefficient (Wildman–Crippen LogP) is 3.14. The zero-order valence-electron chi connectivity index (χ0n) is 43.8. The number of benzene rings is 1. The summed E-state index contributed by atoms with van der Waals surface area (Å²) in [5, 5.41) is 5.13. The van der Waals surface area contributed by atoms with E-state index in [1.165, 1.54) is 14.2 Å². The summed E-state index contributed by atoms with van der Waals surface area (Å²) < 4.78 is 45.7. The number of methoxy groups -OCH3 is 2. The van der Waals surface area contributed by atoms with E-state index in [0.717, 1.165) is 12.8 Å². The van der Waals surface area contributed by atoms with E-state index in [-0.39, 0.29) is 54.1 Å². The van der Waals surface area contributed by atoms with Crippen molar-refractivity contribution < 1.29 is 51.4 Å². The lowest BCUT2D eigenvalue weighted by Crippen LogP contribution is -2.59. The van der Waals surface area contributed by atoms with Crippen molar-refractivity contribution in [2.24, 2.45) is 35.3 Å². The van der Waals surface area contributed by atoms with Gasteiger partial charge in [-0.3, -0.25) is 33.6 Å². The SMILES string of the molecule is CC[C@H](C)[C@@H]([C@@H](CC(=O)N1CCC[C@H]1[C@H](OC)[C@@H](C)C(=O)N[C@@H](Cc1ccc(OC(=O)N2CCC(CN)CC2)cc1)C(=O)NS(=O)(=O)C1CC1)OC)N(C)C(=O)[C@@H](NC(=O)[C@H](C(C)C)N(C)C)C(C)C. The van der Waals surface area contributed by atoms with E-state index in [4.69, 9.17) is 19.9 Å². The van der Waals surface area contributed by atoms with Crippen LogP contribution in [0, 0.1) is 29.6 Å². The summed E-state index contributed by atoms with van der Waals surface area (Å²) in [6.45, 7) is 15.4. The van der Waals surface area contributed by atoms with E-state index in [0.29, 0.717) is 69.8 Å². The first-order valence-electron chi connectivity index (χ1n) is 25.2. The van der Waals surface area contributed by atoms with Gasteiger partial charge in [-0.25, -0.2) is 13.2 Å². The van der Waals surface area contributed by atoms with Gasteiger partial charge in [0.15, 0.2) is 0 Å². The molecule has 1 saturated carbocycles. The first-order chi connectivity index (χ1) is 33.0. The molecule has 3 aliphatic rings. The Morgan fingerprint density at radius 1 is 0.814 bits per heavy atom. The number of hydrogen-bond donors (Lipinski definition) is 4. The Morgan fingerprint density at radius 2 is 1.44 bits per heavy atom. The summed E-state index contributed by atoms with van der Waals surface area (Å²) >= 11 is 0. The van der Waals surface area contributed by atoms with Gasteiger partial charge in [0.2, 0.25) is 33.7 Å². The van der Waals surface area contributed by atoms with Gasteiger partial charge in [0.1, 0.15) is 17.8 Å². The maximum absolute atomic E-state index is 14.5. The molecule has 1 aromatic rings. The number of likely N-dealkylation sites (tertiary alicyclic amines) is 2. The Hall–Kier alpha value is -4.37. The van der Waals surface area contributed by atoms with E-state index in [2.05, 4.69) is 15.4 Å². The Balaban J connectivity index is 1.49. The van der Waals surface area contributed by atoms with Crippen LogP contribution in [0.15, 0.2) is 24.3 Å². The van der Waals surface area contributed by atoms with Crippen LogP contribution < -0.4 is 25.8 Å². The molecule has 0 bridgehead atoms. The van der Waals surface area contributed by atoms with E-state index >= 15 is 0 Å². The molecule has 0 spiro atoms. The van der Waals surface area contributed by atoms with Crippen LogP contribution in [0.3, 0.4) is 0 Å². The highest BCUT2D eigenvalue weighted by atomic mass is 32.2. The number of hydrogen-bond acceptors (Lipinski definition) is 13. The fraction of sp³-hybridized carbons (Fsp3) is 0.760. The summed E-state index contributed by atoms with van der Waals surface area (Å²) in [6, 6.07) is 2.82. The van der Waals surface area contributed by atoms with Crippen molar-refractivity contribution in [2.45, 2.75) is 154 Å². The first kappa shape index (κ1) is 58.2. The van der Waals surface area contributed by atoms with Crippen LogP contribution in [0.25, 0.3) is 0 Å². The van der Waals surface area contributed by atoms with Crippen molar-refractivity contribution in [3.63, 3.8) is 0 Å². The highest BCUT2D eigenvalue weighted by Gasteiger charge is 2.44. The van der Waals surface area contributed by atoms with Gasteiger partial charge in [0.05, 0.1) is 47.9 Å². The summed E-state index contributed by atoms with van der Waals surface area (Å²) in [5.74, 6) is -2.81. The van der Waals surface area contributed by atoms with Crippen LogP contribution in [0.4, 0.5) is 4.79 Å². The second kappa shape index (κ2) is 26.4. The third-order valence-corrected chi connectivity index (χ3v) is 16.4. The fourth-order valence-electron chi connectivity index (χ4n) is 10.0. The fourth-order valence-corrected chi connectivity index (χ4v) is 11.4. The molecule has 0 aromatic heterocycles. The molecule has 70 heavy (non-hydrogen) atoms. The van der Waals surface area contributed by atoms with Crippen LogP contribution in [0.2, 0.25) is 0 Å². The molecule has 20 heteroatoms. The van der Waals surface area contributed by atoms with Gasteiger partial charge in [-0.05, 0) is 101 Å². The molecule has 1 aromatic carbocycles. The van der Waals surface area contributed by atoms with Crippen LogP contribution >= 0.6 is 0 Å². The smallest absolute Gasteiger partial charge is 0.410 e. The molecule has 0 radical (unpaired) electrons. The Bertz CT molecular complexity index is 2020. The quantitative estimate of drug-likeness (QED) is 0.110. The second-order valence-electron chi connectivity index (χ2n) is 20.6. The number of amides is 6. The molecule has 5 N–H and O–H groups in total. The number of rotatable bonds is 25. The highest BCUT2D eigenvalue weighted by molar-refractivity contribution is 7.90. The number of likely N-dealkylation sites (N-methyl/N-ethyl adjacent to an activating group) is 2. The number of nitrogens with zero attached hydrogens (tertiary/aromatic N) is 4. The molecule has 396 valence electrons. The molecule has 1 aliphatic carbocycles. The number of nitrogens with two attached hydrogens (primary N) is 1. The molecule has 9 atom stereocenters. The number of nitrogens with one attached hydrogen (secondary N) is 3. The average Bonchev–Trinajstić information content (AvgIpc) is 4.08. The van der Waals surface area contributed by atoms with Crippen molar-refractivity contribution in [3.05, 3.63) is 29.8 Å². The molecule has 4 rings (SSSR count). The van der Waals surface area contributed by atoms with Crippen molar-refractivity contribution in [1.82, 2.24) is 35.0 Å². The van der Waals surface area contributed by atoms with E-state index in [1.807, 2.05) is 60.5 Å². The largest absolute Gasteiger partial charge is 0.415 e. The number of sulfonamides is 1. The Kier molecular flexibility index (Phi) is 21.9. The molecule has 3 fully saturated rings. The molecule has 2 saturated heterocycles. The normalized spacial score (nSPS) is 20.3. The zero-order valence-corrected chi connectivity index (χ0v) is 44.6. The summed E-state index contributed by atoms with van der Waals surface area (Å²) in [7, 11) is 4.37. The van der Waals surface area contributed by atoms with Gasteiger partial charge in [-0.1, -0.05) is 67.0 Å². The Labute approximate surface area is 417 Å². The van der Waals surface area contributed by atoms with Gasteiger partial charge in [0, 0.05) is 47.3 Å². The van der Waals surface area contributed by atoms with Gasteiger partial charge in [-0.15, -0.1) is 0 Å². The highest BCUT2D eigenvalue weighted by Crippen LogP contribution is 2.31. The van der Waals surface area contributed by atoms with Crippen LogP contribution in [-0.4, -0.2) is 173 Å². The second-order valence-corrected chi connectivity index (χ2v) is 22.6. The van der Waals surface area contributed by atoms with Gasteiger partial charge >= 0.3 is 6.09 Å². The number of carbonyl (C=O) groups excluding carboxylic acids is 6. The molecule has 2 heterocycles. The molecule has 0 unspecified atom stereocenters. The monoisotopic (exact) mass is 1000 g/mol. The first-order valence-corrected chi connectivity index (χ1v) is 26.7. The average molecular weight is 1010 g/mol. The summed E-state index contributed by atoms with van der Waals surface area (Å²) in [4.78, 5) is 90.0. The lowest BCUT2D eigenvalue weighted by atomic mass is 9.89. The van der Waals surface area contributed by atoms with Gasteiger partial charge < -0.3 is 45.3 Å². The molecular formula is C50H84N8O11S. The van der Waals surface area contributed by atoms with Gasteiger partial charge in [-0.2, -0.15) is 0 Å². The van der Waals surface area contributed by atoms with E-state index < -0.39 is 81.5 Å². The minimum atomic E-state index is -3.96. The molecular weight excluding hydrogens is 921 g/mol. The topological polar surface area (TPSA) is 239 Å². The van der Waals surface area contributed by atoms with Crippen LogP contribution in [-0.2, 0) is 49.9 Å². The predicted molar refractivity (Wildman–Crippen MR) is 267 cm³/mol. The van der Waals surface area contributed by atoms with Gasteiger partial charge in [0.25, 0.3) is 5.91 Å². The third-order valence-electron chi connectivity index (χ3n) is 14.6. The van der Waals surface area contributed by atoms with Crippen molar-refractivity contribution in [1.29, 1.82) is 0 Å². The van der Waals surface area contributed by atoms with E-state index in [1.54, 1.807) is 52.9 Å². The van der Waals surface area contributed by atoms with Crippen LogP contribution in [0.1, 0.15) is 105 Å². The van der Waals surface area contributed by atoms with Crippen LogP contribution in [0.5, 0.6) is 5.75 Å². The Morgan fingerprint density at radius 3 is 1.96 bits per heavy atom. The molecule has 19 nitrogen and oxygen atoms in total. The molecule has 6 amide bonds. The van der Waals surface area contributed by atoms with E-state index in [9.17, 15) is 37.2 Å². The standard InChI is InChI=1S/C50H84N8O11S/c1-13-32(6)44(56(10)49(63)42(30(2)3)53-48(62)43(31(4)5)55(8)9)40(67-11)28-41(59)58-24-14-15-39(58)45(68-12)33(7)46(60)52-38(47(61)54-70(65,66)37-20-21-37)27-34-16-18-36(19-17-34)69-50(64)57-25-22-35(29-51)23-26-57/h16-19,30-33,35,37-40,42-45H,13-15,20-29,51H2,1-12H3,(H,52,60)(H,53,62)(H,54,61)/t32-,33+,38-,39-,40+,42-,43-,44-,45+/m0/s1. The minimum Gasteiger partial charge on any atom is -0.410 e. The van der Waals surface area contributed by atoms with Crippen molar-refractivity contribution in [2.75, 3.05) is 61.5 Å².